The Morgan fingerprint density at radius 1 is 0.971 bits per heavy atom. The average Bonchev–Trinajstić information content (AvgIpc) is 3.23. The number of anilines is 1. The number of nitrogens with one attached hydrogen (secondary N) is 2. The third kappa shape index (κ3) is 3.80. The van der Waals surface area contributed by atoms with Crippen molar-refractivity contribution in [1.82, 2.24) is 34.6 Å². The minimum Gasteiger partial charge on any atom is -0.434 e. The first-order valence-corrected chi connectivity index (χ1v) is 10.3. The van der Waals surface area contributed by atoms with Crippen LogP contribution in [-0.4, -0.2) is 34.6 Å². The summed E-state index contributed by atoms with van der Waals surface area (Å²) in [6, 6.07) is 11.3. The number of aromatic nitrogens is 7. The van der Waals surface area contributed by atoms with Gasteiger partial charge >= 0.3 is 5.69 Å². The number of fused-ring (bicyclic) bond motifs is 1. The van der Waals surface area contributed by atoms with Gasteiger partial charge in [0.2, 0.25) is 11.7 Å². The fourth-order valence-electron chi connectivity index (χ4n) is 3.16. The Balaban J connectivity index is 1.52. The highest BCUT2D eigenvalue weighted by atomic mass is 35.5. The van der Waals surface area contributed by atoms with Crippen molar-refractivity contribution in [3.63, 3.8) is 0 Å². The van der Waals surface area contributed by atoms with Crippen molar-refractivity contribution < 1.29 is 4.74 Å². The molecule has 4 N–H and O–H groups in total. The molecule has 5 aromatic rings. The minimum atomic E-state index is -0.834. The highest BCUT2D eigenvalue weighted by Gasteiger charge is 2.17. The molecule has 0 unspecified atom stereocenters. The van der Waals surface area contributed by atoms with Crippen molar-refractivity contribution in [2.45, 2.75) is 0 Å². The molecule has 0 aliphatic heterocycles. The van der Waals surface area contributed by atoms with E-state index in [2.05, 4.69) is 20.4 Å². The normalized spacial score (nSPS) is 11.1. The predicted molar refractivity (Wildman–Crippen MR) is 124 cm³/mol. The third-order valence-corrected chi connectivity index (χ3v) is 5.27. The quantitative estimate of drug-likeness (QED) is 0.338. The summed E-state index contributed by atoms with van der Waals surface area (Å²) in [6.07, 6.45) is 1.75. The number of benzene rings is 1. The molecule has 14 heteroatoms. The highest BCUT2D eigenvalue weighted by Crippen LogP contribution is 2.37. The molecule has 0 atom stereocenters. The standard InChI is InChI=1S/C20H12Cl2N8O4/c21-12-5-10(30-20(33)24-19(32)17(23)28-30)6-13(22)16(12)34-15-8-11(18(31)26-25-15)14-7-9-3-1-2-4-29(9)27-14/h1-8H,(H2,23,28)(H,26,31)(H,24,32,33). The minimum absolute atomic E-state index is 0.00301. The number of nitrogens with zero attached hydrogens (tertiary/aromatic N) is 5. The molecule has 0 amide bonds. The zero-order chi connectivity index (χ0) is 24.0. The fraction of sp³-hybridized carbons (Fsp3) is 0. The lowest BCUT2D eigenvalue weighted by Crippen LogP contribution is -2.33. The number of halogens is 2. The number of H-pyrrole nitrogens is 2. The van der Waals surface area contributed by atoms with Crippen LogP contribution in [0.5, 0.6) is 11.6 Å². The van der Waals surface area contributed by atoms with Crippen LogP contribution in [-0.2, 0) is 0 Å². The Labute approximate surface area is 198 Å². The van der Waals surface area contributed by atoms with Crippen molar-refractivity contribution >= 4 is 34.5 Å². The molecule has 4 aromatic heterocycles. The molecule has 0 aliphatic carbocycles. The first-order chi connectivity index (χ1) is 16.3. The van der Waals surface area contributed by atoms with E-state index in [0.29, 0.717) is 5.69 Å². The lowest BCUT2D eigenvalue weighted by atomic mass is 10.2. The highest BCUT2D eigenvalue weighted by molar-refractivity contribution is 6.37. The summed E-state index contributed by atoms with van der Waals surface area (Å²) >= 11 is 12.7. The van der Waals surface area contributed by atoms with E-state index >= 15 is 0 Å². The monoisotopic (exact) mass is 498 g/mol. The average molecular weight is 499 g/mol. The molecular formula is C20H12Cl2N8O4. The van der Waals surface area contributed by atoms with E-state index in [9.17, 15) is 14.4 Å². The summed E-state index contributed by atoms with van der Waals surface area (Å²) < 4.78 is 8.18. The number of rotatable bonds is 4. The van der Waals surface area contributed by atoms with Crippen LogP contribution < -0.4 is 27.3 Å². The van der Waals surface area contributed by atoms with Gasteiger partial charge in [0.1, 0.15) is 0 Å². The summed E-state index contributed by atoms with van der Waals surface area (Å²) in [7, 11) is 0. The van der Waals surface area contributed by atoms with Crippen molar-refractivity contribution in [3.8, 4) is 28.6 Å². The summed E-state index contributed by atoms with van der Waals surface area (Å²) in [6.45, 7) is 0. The van der Waals surface area contributed by atoms with E-state index in [0.717, 1.165) is 10.2 Å². The molecule has 0 radical (unpaired) electrons. The van der Waals surface area contributed by atoms with Gasteiger partial charge in [0.15, 0.2) is 5.75 Å². The fourth-order valence-corrected chi connectivity index (χ4v) is 3.71. The van der Waals surface area contributed by atoms with Gasteiger partial charge < -0.3 is 10.5 Å². The van der Waals surface area contributed by atoms with Gasteiger partial charge in [0.05, 0.1) is 32.5 Å². The largest absolute Gasteiger partial charge is 0.434 e. The maximum Gasteiger partial charge on any atom is 0.349 e. The molecule has 34 heavy (non-hydrogen) atoms. The zero-order valence-electron chi connectivity index (χ0n) is 16.8. The number of hydrogen-bond acceptors (Lipinski definition) is 8. The van der Waals surface area contributed by atoms with Gasteiger partial charge in [-0.05, 0) is 30.3 Å². The summed E-state index contributed by atoms with van der Waals surface area (Å²) in [5.41, 5.74) is 4.93. The maximum absolute atomic E-state index is 12.4. The Morgan fingerprint density at radius 3 is 2.47 bits per heavy atom. The first-order valence-electron chi connectivity index (χ1n) is 9.51. The van der Waals surface area contributed by atoms with Gasteiger partial charge in [0, 0.05) is 12.3 Å². The van der Waals surface area contributed by atoms with Crippen molar-refractivity contribution in [2.24, 2.45) is 0 Å². The molecular weight excluding hydrogens is 487 g/mol. The van der Waals surface area contributed by atoms with Crippen LogP contribution in [0.4, 0.5) is 5.82 Å². The Bertz CT molecular complexity index is 1700. The number of aromatic amines is 2. The first kappa shape index (κ1) is 21.4. The molecule has 5 rings (SSSR count). The second-order valence-corrected chi connectivity index (χ2v) is 7.76. The van der Waals surface area contributed by atoms with Gasteiger partial charge in [-0.1, -0.05) is 29.3 Å². The molecule has 12 nitrogen and oxygen atoms in total. The predicted octanol–water partition coefficient (Wildman–Crippen LogP) is 2.00. The molecule has 0 saturated heterocycles. The molecule has 170 valence electrons. The van der Waals surface area contributed by atoms with Crippen molar-refractivity contribution in [1.29, 1.82) is 0 Å². The second kappa shape index (κ2) is 8.17. The van der Waals surface area contributed by atoms with Crippen LogP contribution in [0.25, 0.3) is 22.5 Å². The number of nitrogens with two attached hydrogens (primary N) is 1. The topological polar surface area (TPSA) is 166 Å². The lowest BCUT2D eigenvalue weighted by molar-refractivity contribution is 0.455. The van der Waals surface area contributed by atoms with Gasteiger partial charge in [-0.3, -0.25) is 14.6 Å². The van der Waals surface area contributed by atoms with E-state index in [1.54, 1.807) is 16.8 Å². The van der Waals surface area contributed by atoms with Crippen LogP contribution in [0.15, 0.2) is 63.0 Å². The SMILES string of the molecule is Nc1nn(-c2cc(Cl)c(Oc3cc(-c4cc5ccccn5n4)c(=O)[nH]n3)c(Cl)c2)c(=O)[nH]c1=O. The summed E-state index contributed by atoms with van der Waals surface area (Å²) in [5.74, 6) is -0.408. The lowest BCUT2D eigenvalue weighted by Gasteiger charge is -2.11. The van der Waals surface area contributed by atoms with Crippen LogP contribution in [0.2, 0.25) is 10.0 Å². The third-order valence-electron chi connectivity index (χ3n) is 4.71. The number of pyridine rings is 1. The van der Waals surface area contributed by atoms with E-state index < -0.39 is 22.6 Å². The van der Waals surface area contributed by atoms with Gasteiger partial charge in [-0.25, -0.2) is 14.4 Å². The van der Waals surface area contributed by atoms with Gasteiger partial charge in [0.25, 0.3) is 11.1 Å². The van der Waals surface area contributed by atoms with Crippen LogP contribution in [0.3, 0.4) is 0 Å². The van der Waals surface area contributed by atoms with Crippen LogP contribution in [0, 0.1) is 0 Å². The summed E-state index contributed by atoms with van der Waals surface area (Å²) in [5, 5.41) is 14.4. The van der Waals surface area contributed by atoms with Crippen molar-refractivity contribution in [3.05, 3.63) is 89.9 Å². The Kier molecular flexibility index (Phi) is 5.15. The molecule has 0 bridgehead atoms. The molecule has 0 spiro atoms. The molecule has 0 saturated carbocycles. The molecule has 4 heterocycles. The van der Waals surface area contributed by atoms with E-state index in [4.69, 9.17) is 33.7 Å². The molecule has 0 fully saturated rings. The summed E-state index contributed by atoms with van der Waals surface area (Å²) in [4.78, 5) is 37.9. The Morgan fingerprint density at radius 2 is 1.74 bits per heavy atom. The van der Waals surface area contributed by atoms with Crippen LogP contribution in [0.1, 0.15) is 0 Å². The number of ether oxygens (including phenoxy) is 1. The van der Waals surface area contributed by atoms with E-state index in [1.165, 1.54) is 18.2 Å². The number of nitrogen functional groups attached to an aromatic ring is 1. The number of hydrogen-bond donors (Lipinski definition) is 3. The van der Waals surface area contributed by atoms with Gasteiger partial charge in [-0.2, -0.15) is 9.78 Å². The second-order valence-electron chi connectivity index (χ2n) is 6.95. The zero-order valence-corrected chi connectivity index (χ0v) is 18.3. The van der Waals surface area contributed by atoms with Crippen LogP contribution >= 0.6 is 23.2 Å². The van der Waals surface area contributed by atoms with Gasteiger partial charge in [-0.15, -0.1) is 10.2 Å². The van der Waals surface area contributed by atoms with E-state index in [-0.39, 0.29) is 32.9 Å². The molecule has 0 aliphatic rings. The maximum atomic E-state index is 12.4. The smallest absolute Gasteiger partial charge is 0.349 e. The van der Waals surface area contributed by atoms with E-state index in [1.807, 2.05) is 23.2 Å². The Hall–Kier alpha value is -4.42. The van der Waals surface area contributed by atoms with Crippen molar-refractivity contribution in [2.75, 3.05) is 5.73 Å². The molecule has 1 aromatic carbocycles.